The smallest absolute Gasteiger partial charge is 0.245 e. The lowest BCUT2D eigenvalue weighted by Crippen LogP contribution is -2.53. The van der Waals surface area contributed by atoms with E-state index in [4.69, 9.17) is 0 Å². The Kier molecular flexibility index (Phi) is 2.77. The Morgan fingerprint density at radius 2 is 2.00 bits per heavy atom. The van der Waals surface area contributed by atoms with Crippen molar-refractivity contribution < 1.29 is 9.90 Å². The number of carbonyl (C=O) groups excluding carboxylic acids is 1. The SMILES string of the molecule is CCC[C@@H]1C[C@@]2(O)C[C@@](C#N)(C(=O)N2)C1(C#N)C#N. The van der Waals surface area contributed by atoms with E-state index in [1.807, 2.05) is 25.1 Å². The van der Waals surface area contributed by atoms with Crippen LogP contribution in [-0.4, -0.2) is 16.7 Å². The van der Waals surface area contributed by atoms with Gasteiger partial charge in [0, 0.05) is 12.8 Å². The average molecular weight is 258 g/mol. The molecule has 1 aliphatic carbocycles. The molecule has 19 heavy (non-hydrogen) atoms. The van der Waals surface area contributed by atoms with Crippen LogP contribution in [0.4, 0.5) is 0 Å². The molecule has 1 saturated heterocycles. The quantitative estimate of drug-likeness (QED) is 0.749. The van der Waals surface area contributed by atoms with Crippen LogP contribution in [0.2, 0.25) is 0 Å². The summed E-state index contributed by atoms with van der Waals surface area (Å²) in [4.78, 5) is 12.1. The first-order chi connectivity index (χ1) is 8.93. The third kappa shape index (κ3) is 1.40. The van der Waals surface area contributed by atoms with Crippen LogP contribution in [0, 0.1) is 50.7 Å². The molecule has 0 unspecified atom stereocenters. The number of nitrogens with zero attached hydrogens (tertiary/aromatic N) is 3. The van der Waals surface area contributed by atoms with Crippen LogP contribution < -0.4 is 5.32 Å². The number of nitriles is 3. The lowest BCUT2D eigenvalue weighted by molar-refractivity contribution is -0.128. The summed E-state index contributed by atoms with van der Waals surface area (Å²) in [5, 5.41) is 41.1. The summed E-state index contributed by atoms with van der Waals surface area (Å²) in [7, 11) is 0. The summed E-state index contributed by atoms with van der Waals surface area (Å²) in [5.41, 5.74) is -4.93. The molecule has 2 fully saturated rings. The molecule has 98 valence electrons. The van der Waals surface area contributed by atoms with E-state index in [-0.39, 0.29) is 12.8 Å². The normalized spacial score (nSPS) is 38.7. The minimum atomic E-state index is -1.77. The number of aliphatic hydroxyl groups is 1. The first-order valence-electron chi connectivity index (χ1n) is 6.22. The van der Waals surface area contributed by atoms with Crippen molar-refractivity contribution in [2.75, 3.05) is 0 Å². The number of carbonyl (C=O) groups is 1. The topological polar surface area (TPSA) is 121 Å². The number of nitrogens with one attached hydrogen (secondary N) is 1. The molecule has 2 aliphatic rings. The van der Waals surface area contributed by atoms with Crippen molar-refractivity contribution in [2.24, 2.45) is 16.7 Å². The maximum Gasteiger partial charge on any atom is 0.245 e. The highest BCUT2D eigenvalue weighted by Crippen LogP contribution is 2.60. The van der Waals surface area contributed by atoms with Crippen molar-refractivity contribution in [1.82, 2.24) is 5.32 Å². The third-order valence-corrected chi connectivity index (χ3v) is 4.34. The molecular formula is C13H14N4O2. The maximum absolute atomic E-state index is 12.1. The lowest BCUT2D eigenvalue weighted by Gasteiger charge is -2.43. The molecule has 0 aromatic rings. The lowest BCUT2D eigenvalue weighted by atomic mass is 9.52. The van der Waals surface area contributed by atoms with Gasteiger partial charge in [-0.2, -0.15) is 15.8 Å². The van der Waals surface area contributed by atoms with Gasteiger partial charge in [-0.15, -0.1) is 0 Å². The van der Waals surface area contributed by atoms with Crippen LogP contribution in [0.1, 0.15) is 32.6 Å². The summed E-state index contributed by atoms with van der Waals surface area (Å²) in [5.74, 6) is -1.20. The number of hydrogen-bond acceptors (Lipinski definition) is 5. The average Bonchev–Trinajstić information content (AvgIpc) is 2.60. The Bertz CT molecular complexity index is 538. The molecule has 1 heterocycles. The number of rotatable bonds is 2. The predicted molar refractivity (Wildman–Crippen MR) is 62.4 cm³/mol. The van der Waals surface area contributed by atoms with Crippen LogP contribution in [0.25, 0.3) is 0 Å². The molecule has 0 aromatic carbocycles. The molecule has 2 N–H and O–H groups in total. The van der Waals surface area contributed by atoms with Crippen molar-refractivity contribution in [3.8, 4) is 18.2 Å². The van der Waals surface area contributed by atoms with Gasteiger partial charge in [-0.25, -0.2) is 0 Å². The minimum absolute atomic E-state index is 0.136. The summed E-state index contributed by atoms with van der Waals surface area (Å²) in [6.45, 7) is 1.90. The first-order valence-corrected chi connectivity index (χ1v) is 6.22. The van der Waals surface area contributed by atoms with Crippen molar-refractivity contribution in [2.45, 2.75) is 38.3 Å². The van der Waals surface area contributed by atoms with E-state index in [0.29, 0.717) is 12.8 Å². The highest BCUT2D eigenvalue weighted by Gasteiger charge is 2.73. The Balaban J connectivity index is 2.66. The van der Waals surface area contributed by atoms with Gasteiger partial charge in [0.05, 0.1) is 18.2 Å². The van der Waals surface area contributed by atoms with E-state index >= 15 is 0 Å². The fourth-order valence-corrected chi connectivity index (χ4v) is 3.48. The van der Waals surface area contributed by atoms with Gasteiger partial charge in [-0.1, -0.05) is 13.3 Å². The second-order valence-corrected chi connectivity index (χ2v) is 5.40. The zero-order chi connectivity index (χ0) is 14.3. The predicted octanol–water partition coefficient (Wildman–Crippen LogP) is 0.558. The Labute approximate surface area is 111 Å². The van der Waals surface area contributed by atoms with E-state index in [2.05, 4.69) is 5.32 Å². The van der Waals surface area contributed by atoms with Crippen molar-refractivity contribution in [1.29, 1.82) is 15.8 Å². The largest absolute Gasteiger partial charge is 0.371 e. The van der Waals surface area contributed by atoms with Crippen LogP contribution in [0.3, 0.4) is 0 Å². The highest BCUT2D eigenvalue weighted by molar-refractivity contribution is 5.91. The van der Waals surface area contributed by atoms with Crippen molar-refractivity contribution >= 4 is 5.91 Å². The Morgan fingerprint density at radius 1 is 1.37 bits per heavy atom. The Morgan fingerprint density at radius 3 is 2.47 bits per heavy atom. The molecular weight excluding hydrogens is 244 g/mol. The van der Waals surface area contributed by atoms with Crippen molar-refractivity contribution in [3.63, 3.8) is 0 Å². The fraction of sp³-hybridized carbons (Fsp3) is 0.692. The second-order valence-electron chi connectivity index (χ2n) is 5.40. The van der Waals surface area contributed by atoms with Crippen LogP contribution in [-0.2, 0) is 4.79 Å². The second kappa shape index (κ2) is 3.95. The molecule has 6 heteroatoms. The molecule has 2 bridgehead atoms. The summed E-state index contributed by atoms with van der Waals surface area (Å²) >= 11 is 0. The molecule has 1 amide bonds. The van der Waals surface area contributed by atoms with Gasteiger partial charge in [-0.3, -0.25) is 4.79 Å². The fourth-order valence-electron chi connectivity index (χ4n) is 3.48. The summed E-state index contributed by atoms with van der Waals surface area (Å²) in [6, 6.07) is 5.67. The van der Waals surface area contributed by atoms with Gasteiger partial charge in [0.1, 0.15) is 5.72 Å². The standard InChI is InChI=1S/C13H14N4O2/c1-2-3-9-4-13(19)5-11(6-14,10(18)17-13)12(9,7-15)8-16/h9,19H,2-5H2,1H3,(H,17,18)/t9-,11-,13-/m1/s1. The number of hydrogen-bond donors (Lipinski definition) is 2. The molecule has 0 spiro atoms. The molecule has 0 radical (unpaired) electrons. The molecule has 1 aliphatic heterocycles. The van der Waals surface area contributed by atoms with E-state index in [1.165, 1.54) is 0 Å². The van der Waals surface area contributed by atoms with Gasteiger partial charge in [0.2, 0.25) is 5.91 Å². The molecule has 6 nitrogen and oxygen atoms in total. The van der Waals surface area contributed by atoms with Crippen LogP contribution >= 0.6 is 0 Å². The summed E-state index contributed by atoms with van der Waals surface area (Å²) < 4.78 is 0. The number of fused-ring (bicyclic) bond motifs is 2. The van der Waals surface area contributed by atoms with Gasteiger partial charge >= 0.3 is 0 Å². The molecule has 2 rings (SSSR count). The third-order valence-electron chi connectivity index (χ3n) is 4.34. The highest BCUT2D eigenvalue weighted by atomic mass is 16.3. The molecule has 3 atom stereocenters. The van der Waals surface area contributed by atoms with Crippen molar-refractivity contribution in [3.05, 3.63) is 0 Å². The zero-order valence-electron chi connectivity index (χ0n) is 10.6. The van der Waals surface area contributed by atoms with Gasteiger partial charge in [-0.05, 0) is 12.3 Å². The molecule has 1 saturated carbocycles. The van der Waals surface area contributed by atoms with Crippen LogP contribution in [0.5, 0.6) is 0 Å². The van der Waals surface area contributed by atoms with E-state index in [1.54, 1.807) is 0 Å². The Hall–Kier alpha value is -2.10. The number of amides is 1. The van der Waals surface area contributed by atoms with E-state index < -0.39 is 28.4 Å². The minimum Gasteiger partial charge on any atom is -0.371 e. The zero-order valence-corrected chi connectivity index (χ0v) is 10.6. The van der Waals surface area contributed by atoms with Gasteiger partial charge in [0.25, 0.3) is 0 Å². The first kappa shape index (κ1) is 13.3. The van der Waals surface area contributed by atoms with Gasteiger partial charge < -0.3 is 10.4 Å². The van der Waals surface area contributed by atoms with Crippen LogP contribution in [0.15, 0.2) is 0 Å². The monoisotopic (exact) mass is 258 g/mol. The molecule has 0 aromatic heterocycles. The van der Waals surface area contributed by atoms with Gasteiger partial charge in [0.15, 0.2) is 10.8 Å². The van der Waals surface area contributed by atoms with E-state index in [0.717, 1.165) is 0 Å². The summed E-state index contributed by atoms with van der Waals surface area (Å²) in [6.07, 6.45) is 1.16. The van der Waals surface area contributed by atoms with E-state index in [9.17, 15) is 25.7 Å². The maximum atomic E-state index is 12.1.